The number of benzene rings is 1. The van der Waals surface area contributed by atoms with Gasteiger partial charge in [0.05, 0.1) is 12.1 Å². The van der Waals surface area contributed by atoms with Gasteiger partial charge in [-0.05, 0) is 31.9 Å². The highest BCUT2D eigenvalue weighted by atomic mass is 16.5. The van der Waals surface area contributed by atoms with Crippen LogP contribution in [0.25, 0.3) is 10.9 Å². The molecule has 4 heteroatoms. The predicted octanol–water partition coefficient (Wildman–Crippen LogP) is 2.28. The molecule has 0 spiro atoms. The number of aromatic nitrogens is 1. The van der Waals surface area contributed by atoms with Gasteiger partial charge in [0.2, 0.25) is 0 Å². The topological polar surface area (TPSA) is 68.1 Å². The van der Waals surface area contributed by atoms with E-state index in [0.717, 1.165) is 22.0 Å². The Kier molecular flexibility index (Phi) is 2.79. The monoisotopic (exact) mass is 232 g/mol. The van der Waals surface area contributed by atoms with Crippen LogP contribution in [0, 0.1) is 13.8 Å². The second kappa shape index (κ2) is 4.13. The molecule has 0 unspecified atom stereocenters. The van der Waals surface area contributed by atoms with E-state index in [0.29, 0.717) is 18.1 Å². The van der Waals surface area contributed by atoms with Crippen LogP contribution in [0.2, 0.25) is 0 Å². The van der Waals surface area contributed by atoms with Gasteiger partial charge >= 0.3 is 0 Å². The number of fused-ring (bicyclic) bond motifs is 1. The van der Waals surface area contributed by atoms with Gasteiger partial charge < -0.3 is 15.5 Å². The molecule has 0 bridgehead atoms. The summed E-state index contributed by atoms with van der Waals surface area (Å²) in [6, 6.07) is 4.02. The Balaban J connectivity index is 2.84. The van der Waals surface area contributed by atoms with Crippen molar-refractivity contribution in [1.82, 2.24) is 4.98 Å². The lowest BCUT2D eigenvalue weighted by atomic mass is 10.1. The fourth-order valence-electron chi connectivity index (χ4n) is 2.03. The van der Waals surface area contributed by atoms with Crippen molar-refractivity contribution in [2.24, 2.45) is 5.73 Å². The summed E-state index contributed by atoms with van der Waals surface area (Å²) < 4.78 is 5.56. The van der Waals surface area contributed by atoms with E-state index in [1.165, 1.54) is 0 Å². The quantitative estimate of drug-likeness (QED) is 0.852. The summed E-state index contributed by atoms with van der Waals surface area (Å²) in [5.41, 5.74) is 8.76. The Labute approximate surface area is 99.8 Å². The summed E-state index contributed by atoms with van der Waals surface area (Å²) in [5.74, 6) is 0.0691. The van der Waals surface area contributed by atoms with Gasteiger partial charge in [0.25, 0.3) is 5.91 Å². The molecule has 1 aromatic carbocycles. The minimum Gasteiger partial charge on any atom is -0.491 e. The number of carbonyl (C=O) groups is 1. The van der Waals surface area contributed by atoms with Crippen molar-refractivity contribution < 1.29 is 9.53 Å². The Morgan fingerprint density at radius 1 is 1.35 bits per heavy atom. The molecule has 90 valence electrons. The van der Waals surface area contributed by atoms with E-state index in [9.17, 15) is 4.79 Å². The number of aromatic amines is 1. The Bertz CT molecular complexity index is 585. The molecule has 0 saturated heterocycles. The highest BCUT2D eigenvalue weighted by molar-refractivity contribution is 6.04. The van der Waals surface area contributed by atoms with Crippen LogP contribution in [0.1, 0.15) is 28.5 Å². The minimum atomic E-state index is -0.497. The summed E-state index contributed by atoms with van der Waals surface area (Å²) in [5, 5.41) is 0.945. The van der Waals surface area contributed by atoms with E-state index in [4.69, 9.17) is 10.5 Å². The molecule has 0 radical (unpaired) electrons. The van der Waals surface area contributed by atoms with Crippen molar-refractivity contribution in [1.29, 1.82) is 0 Å². The fraction of sp³-hybridized carbons (Fsp3) is 0.308. The van der Waals surface area contributed by atoms with Crippen molar-refractivity contribution in [2.75, 3.05) is 6.61 Å². The third-order valence-electron chi connectivity index (χ3n) is 2.86. The van der Waals surface area contributed by atoms with Crippen LogP contribution in [0.5, 0.6) is 5.75 Å². The second-order valence-electron chi connectivity index (χ2n) is 4.08. The van der Waals surface area contributed by atoms with Gasteiger partial charge in [0.1, 0.15) is 5.69 Å². The number of amides is 1. The van der Waals surface area contributed by atoms with Crippen molar-refractivity contribution in [2.45, 2.75) is 20.8 Å². The smallest absolute Gasteiger partial charge is 0.269 e. The van der Waals surface area contributed by atoms with Gasteiger partial charge in [-0.25, -0.2) is 0 Å². The van der Waals surface area contributed by atoms with Crippen molar-refractivity contribution in [3.8, 4) is 5.75 Å². The van der Waals surface area contributed by atoms with Crippen molar-refractivity contribution >= 4 is 16.8 Å². The third-order valence-corrected chi connectivity index (χ3v) is 2.86. The van der Waals surface area contributed by atoms with Gasteiger partial charge in [-0.15, -0.1) is 0 Å². The van der Waals surface area contributed by atoms with Crippen LogP contribution in [0.15, 0.2) is 12.1 Å². The average Bonchev–Trinajstić information content (AvgIpc) is 2.65. The summed E-state index contributed by atoms with van der Waals surface area (Å²) in [4.78, 5) is 14.5. The molecular weight excluding hydrogens is 216 g/mol. The molecule has 1 amide bonds. The summed E-state index contributed by atoms with van der Waals surface area (Å²) in [6.07, 6.45) is 0. The summed E-state index contributed by atoms with van der Waals surface area (Å²) in [7, 11) is 0. The number of ether oxygens (including phenoxy) is 1. The Morgan fingerprint density at radius 3 is 2.59 bits per heavy atom. The van der Waals surface area contributed by atoms with Crippen molar-refractivity contribution in [3.05, 3.63) is 29.0 Å². The van der Waals surface area contributed by atoms with E-state index >= 15 is 0 Å². The largest absolute Gasteiger partial charge is 0.491 e. The van der Waals surface area contributed by atoms with Gasteiger partial charge in [-0.1, -0.05) is 12.1 Å². The number of rotatable bonds is 3. The van der Waals surface area contributed by atoms with Crippen LogP contribution in [-0.4, -0.2) is 17.5 Å². The Hall–Kier alpha value is -1.97. The molecule has 0 aliphatic carbocycles. The first-order valence-electron chi connectivity index (χ1n) is 5.60. The van der Waals surface area contributed by atoms with E-state index in [-0.39, 0.29) is 0 Å². The molecule has 0 aliphatic heterocycles. The standard InChI is InChI=1S/C13H16N2O2/c1-4-17-12-9-7(2)5-6-8(3)10(9)15-11(12)13(14)16/h5-6,15H,4H2,1-3H3,(H2,14,16). The number of hydrogen-bond donors (Lipinski definition) is 2. The van der Waals surface area contributed by atoms with E-state index in [2.05, 4.69) is 4.98 Å². The zero-order valence-corrected chi connectivity index (χ0v) is 10.3. The van der Waals surface area contributed by atoms with Gasteiger partial charge in [0.15, 0.2) is 5.75 Å². The number of nitrogens with two attached hydrogens (primary N) is 1. The SMILES string of the molecule is CCOc1c(C(N)=O)[nH]c2c(C)ccc(C)c12. The van der Waals surface area contributed by atoms with Gasteiger partial charge in [0, 0.05) is 5.39 Å². The molecule has 0 atom stereocenters. The predicted molar refractivity (Wildman–Crippen MR) is 67.5 cm³/mol. The zero-order chi connectivity index (χ0) is 12.6. The Morgan fingerprint density at radius 2 is 2.00 bits per heavy atom. The lowest BCUT2D eigenvalue weighted by Gasteiger charge is -2.05. The first-order valence-corrected chi connectivity index (χ1v) is 5.60. The third kappa shape index (κ3) is 1.75. The molecule has 0 saturated carbocycles. The highest BCUT2D eigenvalue weighted by Crippen LogP contribution is 2.34. The first kappa shape index (κ1) is 11.5. The molecule has 1 heterocycles. The average molecular weight is 232 g/mol. The summed E-state index contributed by atoms with van der Waals surface area (Å²) in [6.45, 7) is 6.36. The van der Waals surface area contributed by atoms with Crippen LogP contribution < -0.4 is 10.5 Å². The van der Waals surface area contributed by atoms with Crippen LogP contribution in [0.4, 0.5) is 0 Å². The first-order chi connectivity index (χ1) is 8.06. The maximum Gasteiger partial charge on any atom is 0.269 e. The molecular formula is C13H16N2O2. The number of H-pyrrole nitrogens is 1. The zero-order valence-electron chi connectivity index (χ0n) is 10.3. The van der Waals surface area contributed by atoms with Gasteiger partial charge in [-0.3, -0.25) is 4.79 Å². The van der Waals surface area contributed by atoms with E-state index in [1.807, 2.05) is 32.9 Å². The molecule has 4 nitrogen and oxygen atoms in total. The number of aryl methyl sites for hydroxylation is 2. The van der Waals surface area contributed by atoms with Crippen LogP contribution in [0.3, 0.4) is 0 Å². The van der Waals surface area contributed by atoms with E-state index < -0.39 is 5.91 Å². The van der Waals surface area contributed by atoms with E-state index in [1.54, 1.807) is 0 Å². The highest BCUT2D eigenvalue weighted by Gasteiger charge is 2.19. The van der Waals surface area contributed by atoms with Gasteiger partial charge in [-0.2, -0.15) is 0 Å². The molecule has 1 aromatic heterocycles. The summed E-state index contributed by atoms with van der Waals surface area (Å²) >= 11 is 0. The lowest BCUT2D eigenvalue weighted by molar-refractivity contribution is 0.0993. The second-order valence-corrected chi connectivity index (χ2v) is 4.08. The fourth-order valence-corrected chi connectivity index (χ4v) is 2.03. The molecule has 0 aliphatic rings. The minimum absolute atomic E-state index is 0.347. The lowest BCUT2D eigenvalue weighted by Crippen LogP contribution is -2.13. The van der Waals surface area contributed by atoms with Crippen LogP contribution in [-0.2, 0) is 0 Å². The molecule has 2 aromatic rings. The molecule has 2 rings (SSSR count). The number of nitrogens with one attached hydrogen (secondary N) is 1. The normalized spacial score (nSPS) is 10.8. The number of hydrogen-bond acceptors (Lipinski definition) is 2. The van der Waals surface area contributed by atoms with Crippen molar-refractivity contribution in [3.63, 3.8) is 0 Å². The van der Waals surface area contributed by atoms with Crippen LogP contribution >= 0.6 is 0 Å². The molecule has 17 heavy (non-hydrogen) atoms. The maximum atomic E-state index is 11.4. The molecule has 3 N–H and O–H groups in total. The number of carbonyl (C=O) groups excluding carboxylic acids is 1. The number of primary amides is 1. The molecule has 0 fully saturated rings. The maximum absolute atomic E-state index is 11.4.